The van der Waals surface area contributed by atoms with Gasteiger partial charge in [-0.1, -0.05) is 68.8 Å². The Balaban J connectivity index is 1.79. The van der Waals surface area contributed by atoms with Crippen molar-refractivity contribution in [3.63, 3.8) is 0 Å². The van der Waals surface area contributed by atoms with Gasteiger partial charge in [-0.2, -0.15) is 0 Å². The van der Waals surface area contributed by atoms with E-state index in [-0.39, 0.29) is 23.5 Å². The minimum Gasteiger partial charge on any atom is -0.506 e. The highest BCUT2D eigenvalue weighted by atomic mass is 32.1. The Morgan fingerprint density at radius 1 is 1.10 bits per heavy atom. The molecule has 3 aromatic rings. The molecule has 0 saturated carbocycles. The number of aromatic hydroxyl groups is 1. The van der Waals surface area contributed by atoms with Crippen LogP contribution in [0.25, 0.3) is 10.4 Å². The molecule has 0 aliphatic carbocycles. The predicted molar refractivity (Wildman–Crippen MR) is 123 cm³/mol. The Hall–Kier alpha value is -2.72. The molecule has 29 heavy (non-hydrogen) atoms. The molecule has 150 valence electrons. The van der Waals surface area contributed by atoms with Crippen LogP contribution in [0.15, 0.2) is 58.9 Å². The van der Waals surface area contributed by atoms with Crippen LogP contribution in [0.4, 0.5) is 0 Å². The quantitative estimate of drug-likeness (QED) is 0.393. The zero-order valence-electron chi connectivity index (χ0n) is 17.6. The van der Waals surface area contributed by atoms with Gasteiger partial charge in [-0.25, -0.2) is 0 Å². The summed E-state index contributed by atoms with van der Waals surface area (Å²) < 4.78 is 0. The second-order valence-corrected chi connectivity index (χ2v) is 9.23. The van der Waals surface area contributed by atoms with Crippen LogP contribution in [-0.4, -0.2) is 23.1 Å². The van der Waals surface area contributed by atoms with Crippen molar-refractivity contribution < 1.29 is 9.90 Å². The summed E-state index contributed by atoms with van der Waals surface area (Å²) in [5.74, 6) is 0.198. The maximum Gasteiger partial charge on any atom is 0.184 e. The van der Waals surface area contributed by atoms with Gasteiger partial charge in [0.1, 0.15) is 12.3 Å². The average molecular weight is 406 g/mol. The van der Waals surface area contributed by atoms with Crippen LogP contribution in [0, 0.1) is 6.92 Å². The fourth-order valence-electron chi connectivity index (χ4n) is 3.12. The summed E-state index contributed by atoms with van der Waals surface area (Å²) in [5.41, 5.74) is 5.39. The fourth-order valence-corrected chi connectivity index (χ4v) is 4.13. The van der Waals surface area contributed by atoms with Gasteiger partial charge in [0, 0.05) is 22.2 Å². The number of ketones is 1. The summed E-state index contributed by atoms with van der Waals surface area (Å²) in [5, 5.41) is 12.6. The molecule has 0 amide bonds. The molecular weight excluding hydrogens is 378 g/mol. The lowest BCUT2D eigenvalue weighted by molar-refractivity contribution is 0.100. The van der Waals surface area contributed by atoms with Crippen molar-refractivity contribution in [2.45, 2.75) is 40.0 Å². The Bertz CT molecular complexity index is 1050. The molecule has 2 aromatic carbocycles. The lowest BCUT2D eigenvalue weighted by Gasteiger charge is -2.19. The van der Waals surface area contributed by atoms with Gasteiger partial charge in [0.25, 0.3) is 0 Å². The molecule has 1 heterocycles. The number of nitrogens with zero attached hydrogens (tertiary/aromatic N) is 1. The van der Waals surface area contributed by atoms with Crippen molar-refractivity contribution in [2.24, 2.45) is 4.99 Å². The van der Waals surface area contributed by atoms with E-state index in [1.807, 2.05) is 55.6 Å². The maximum absolute atomic E-state index is 12.4. The number of rotatable bonds is 5. The lowest BCUT2D eigenvalue weighted by Crippen LogP contribution is -2.10. The number of Topliss-reactive ketones (excluding diaryl/α,β-unsaturated/α-hetero) is 1. The van der Waals surface area contributed by atoms with Crippen molar-refractivity contribution >= 4 is 22.8 Å². The molecule has 0 unspecified atom stereocenters. The van der Waals surface area contributed by atoms with Crippen LogP contribution < -0.4 is 0 Å². The van der Waals surface area contributed by atoms with E-state index < -0.39 is 0 Å². The summed E-state index contributed by atoms with van der Waals surface area (Å²) in [6.45, 7) is 10.4. The smallest absolute Gasteiger partial charge is 0.184 e. The third-order valence-electron chi connectivity index (χ3n) is 4.97. The second-order valence-electron chi connectivity index (χ2n) is 8.35. The first-order valence-corrected chi connectivity index (χ1v) is 10.6. The van der Waals surface area contributed by atoms with Gasteiger partial charge in [-0.05, 0) is 36.5 Å². The van der Waals surface area contributed by atoms with Gasteiger partial charge < -0.3 is 5.11 Å². The molecule has 0 fully saturated rings. The van der Waals surface area contributed by atoms with Gasteiger partial charge in [0.2, 0.25) is 0 Å². The Morgan fingerprint density at radius 3 is 2.41 bits per heavy atom. The van der Waals surface area contributed by atoms with E-state index in [2.05, 4.69) is 37.9 Å². The molecule has 0 saturated heterocycles. The van der Waals surface area contributed by atoms with Crippen molar-refractivity contribution in [1.82, 2.24) is 0 Å². The van der Waals surface area contributed by atoms with Crippen LogP contribution >= 0.6 is 11.3 Å². The Kier molecular flexibility index (Phi) is 6.04. The van der Waals surface area contributed by atoms with Gasteiger partial charge in [-0.15, -0.1) is 11.3 Å². The summed E-state index contributed by atoms with van der Waals surface area (Å²) in [7, 11) is 0. The standard InChI is InChI=1S/C25H27NO2S/c1-16-7-6-8-19(13-16)22(27)14-26-17(2)21-15-29-24(23(21)28)18-9-11-20(12-10-18)25(3,4)5/h6-13,15,28H,14H2,1-5H3. The van der Waals surface area contributed by atoms with Crippen LogP contribution in [0.3, 0.4) is 0 Å². The van der Waals surface area contributed by atoms with Crippen LogP contribution in [-0.2, 0) is 5.41 Å². The summed E-state index contributed by atoms with van der Waals surface area (Å²) in [4.78, 5) is 17.6. The second kappa shape index (κ2) is 8.34. The third kappa shape index (κ3) is 4.83. The summed E-state index contributed by atoms with van der Waals surface area (Å²) in [6.07, 6.45) is 0. The zero-order chi connectivity index (χ0) is 21.2. The van der Waals surface area contributed by atoms with E-state index >= 15 is 0 Å². The van der Waals surface area contributed by atoms with Gasteiger partial charge >= 0.3 is 0 Å². The molecule has 1 aromatic heterocycles. The third-order valence-corrected chi connectivity index (χ3v) is 5.99. The predicted octanol–water partition coefficient (Wildman–Crippen LogP) is 6.42. The van der Waals surface area contributed by atoms with E-state index in [1.54, 1.807) is 0 Å². The molecule has 3 nitrogen and oxygen atoms in total. The number of hydrogen-bond donors (Lipinski definition) is 1. The van der Waals surface area contributed by atoms with Crippen LogP contribution in [0.2, 0.25) is 0 Å². The number of thiophene rings is 1. The average Bonchev–Trinajstić information content (AvgIpc) is 3.06. The molecule has 1 N–H and O–H groups in total. The monoisotopic (exact) mass is 405 g/mol. The van der Waals surface area contributed by atoms with Gasteiger partial charge in [0.15, 0.2) is 5.78 Å². The van der Waals surface area contributed by atoms with E-state index in [4.69, 9.17) is 0 Å². The number of aliphatic imine (C=N–C) groups is 1. The summed E-state index contributed by atoms with van der Waals surface area (Å²) >= 11 is 1.49. The lowest BCUT2D eigenvalue weighted by atomic mass is 9.86. The first kappa shape index (κ1) is 21.0. The number of carbonyl (C=O) groups is 1. The highest BCUT2D eigenvalue weighted by Gasteiger charge is 2.17. The van der Waals surface area contributed by atoms with Crippen molar-refractivity contribution in [3.8, 4) is 16.2 Å². The van der Waals surface area contributed by atoms with E-state index in [0.717, 1.165) is 16.0 Å². The molecule has 0 radical (unpaired) electrons. The summed E-state index contributed by atoms with van der Waals surface area (Å²) in [6, 6.07) is 15.8. The minimum atomic E-state index is -0.0271. The van der Waals surface area contributed by atoms with Crippen LogP contribution in [0.5, 0.6) is 5.75 Å². The van der Waals surface area contributed by atoms with Crippen molar-refractivity contribution in [3.05, 3.63) is 76.2 Å². The highest BCUT2D eigenvalue weighted by molar-refractivity contribution is 7.14. The number of hydrogen-bond acceptors (Lipinski definition) is 4. The molecule has 0 aliphatic heterocycles. The Labute approximate surface area is 176 Å². The van der Waals surface area contributed by atoms with Crippen molar-refractivity contribution in [1.29, 1.82) is 0 Å². The largest absolute Gasteiger partial charge is 0.506 e. The van der Waals surface area contributed by atoms with Crippen LogP contribution in [0.1, 0.15) is 54.7 Å². The molecule has 0 bridgehead atoms. The molecular formula is C25H27NO2S. The minimum absolute atomic E-state index is 0.0271. The maximum atomic E-state index is 12.4. The van der Waals surface area contributed by atoms with Crippen molar-refractivity contribution in [2.75, 3.05) is 6.54 Å². The number of carbonyl (C=O) groups excluding carboxylic acids is 1. The van der Waals surface area contributed by atoms with E-state index in [0.29, 0.717) is 16.8 Å². The zero-order valence-corrected chi connectivity index (χ0v) is 18.4. The van der Waals surface area contributed by atoms with Gasteiger partial charge in [0.05, 0.1) is 4.88 Å². The topological polar surface area (TPSA) is 49.7 Å². The van der Waals surface area contributed by atoms with E-state index in [9.17, 15) is 9.90 Å². The highest BCUT2D eigenvalue weighted by Crippen LogP contribution is 2.39. The number of benzene rings is 2. The SMILES string of the molecule is CC(=NCC(=O)c1cccc(C)c1)c1csc(-c2ccc(C(C)(C)C)cc2)c1O. The first-order chi connectivity index (χ1) is 13.7. The molecule has 0 spiro atoms. The first-order valence-electron chi connectivity index (χ1n) is 9.69. The van der Waals surface area contributed by atoms with E-state index in [1.165, 1.54) is 16.9 Å². The molecule has 3 rings (SSSR count). The number of aryl methyl sites for hydroxylation is 1. The molecule has 0 atom stereocenters. The Morgan fingerprint density at radius 2 is 1.79 bits per heavy atom. The molecule has 0 aliphatic rings. The fraction of sp³-hybridized carbons (Fsp3) is 0.280. The molecule has 4 heteroatoms. The van der Waals surface area contributed by atoms with Gasteiger partial charge in [-0.3, -0.25) is 9.79 Å². The normalized spacial score (nSPS) is 12.2.